The molecule has 0 saturated carbocycles. The highest BCUT2D eigenvalue weighted by atomic mass is 79.9. The number of rotatable bonds is 6. The van der Waals surface area contributed by atoms with Gasteiger partial charge in [0.2, 0.25) is 0 Å². The molecule has 0 unspecified atom stereocenters. The van der Waals surface area contributed by atoms with E-state index in [4.69, 9.17) is 4.98 Å². The fourth-order valence-corrected chi connectivity index (χ4v) is 4.91. The number of piperazine rings is 1. The quantitative estimate of drug-likeness (QED) is 0.393. The van der Waals surface area contributed by atoms with E-state index in [9.17, 15) is 4.79 Å². The molecule has 6 nitrogen and oxygen atoms in total. The van der Waals surface area contributed by atoms with Crippen molar-refractivity contribution in [3.8, 4) is 0 Å². The molecule has 1 saturated heterocycles. The van der Waals surface area contributed by atoms with Gasteiger partial charge in [0.25, 0.3) is 5.91 Å². The van der Waals surface area contributed by atoms with Crippen molar-refractivity contribution >= 4 is 44.2 Å². The third-order valence-electron chi connectivity index (χ3n) is 6.46. The van der Waals surface area contributed by atoms with E-state index in [1.807, 2.05) is 36.4 Å². The second-order valence-corrected chi connectivity index (χ2v) is 9.58. The van der Waals surface area contributed by atoms with Gasteiger partial charge in [-0.1, -0.05) is 40.2 Å². The zero-order valence-electron chi connectivity index (χ0n) is 19.2. The Balaban J connectivity index is 1.21. The van der Waals surface area contributed by atoms with E-state index in [2.05, 4.69) is 73.0 Å². The normalized spacial score (nSPS) is 14.5. The maximum Gasteiger partial charge on any atom is 0.255 e. The van der Waals surface area contributed by atoms with Crippen molar-refractivity contribution in [1.82, 2.24) is 14.5 Å². The molecule has 5 rings (SSSR count). The molecular weight excluding hydrogens is 490 g/mol. The molecule has 174 valence electrons. The van der Waals surface area contributed by atoms with Crippen molar-refractivity contribution in [3.05, 3.63) is 88.7 Å². The fourth-order valence-electron chi connectivity index (χ4n) is 4.51. The number of hydrogen-bond acceptors (Lipinski definition) is 4. The van der Waals surface area contributed by atoms with Crippen LogP contribution in [0.5, 0.6) is 0 Å². The first kappa shape index (κ1) is 22.6. The second kappa shape index (κ2) is 9.99. The van der Waals surface area contributed by atoms with Crippen LogP contribution in [-0.2, 0) is 13.5 Å². The van der Waals surface area contributed by atoms with Gasteiger partial charge < -0.3 is 14.8 Å². The Morgan fingerprint density at radius 1 is 0.971 bits per heavy atom. The number of hydrogen-bond donors (Lipinski definition) is 1. The third kappa shape index (κ3) is 5.00. The van der Waals surface area contributed by atoms with E-state index in [0.717, 1.165) is 66.2 Å². The number of anilines is 2. The molecule has 7 heteroatoms. The van der Waals surface area contributed by atoms with E-state index in [1.165, 1.54) is 5.69 Å². The number of nitrogens with one attached hydrogen (secondary N) is 1. The highest BCUT2D eigenvalue weighted by Gasteiger charge is 2.18. The summed E-state index contributed by atoms with van der Waals surface area (Å²) >= 11 is 3.42. The molecule has 0 atom stereocenters. The molecule has 1 aliphatic rings. The van der Waals surface area contributed by atoms with Gasteiger partial charge in [0.1, 0.15) is 5.82 Å². The lowest BCUT2D eigenvalue weighted by Gasteiger charge is -2.36. The summed E-state index contributed by atoms with van der Waals surface area (Å²) in [7, 11) is 2.07. The molecule has 1 aliphatic heterocycles. The van der Waals surface area contributed by atoms with Gasteiger partial charge in [-0.2, -0.15) is 0 Å². The van der Waals surface area contributed by atoms with E-state index in [-0.39, 0.29) is 5.91 Å². The summed E-state index contributed by atoms with van der Waals surface area (Å²) in [5, 5.41) is 2.99. The number of fused-ring (bicyclic) bond motifs is 1. The van der Waals surface area contributed by atoms with Crippen molar-refractivity contribution < 1.29 is 4.79 Å². The summed E-state index contributed by atoms with van der Waals surface area (Å²) in [5.41, 5.74) is 4.64. The maximum atomic E-state index is 12.6. The van der Waals surface area contributed by atoms with Gasteiger partial charge in [0.15, 0.2) is 0 Å². The third-order valence-corrected chi connectivity index (χ3v) is 6.96. The van der Waals surface area contributed by atoms with Crippen LogP contribution in [0.3, 0.4) is 0 Å². The number of nitrogens with zero attached hydrogens (tertiary/aromatic N) is 4. The molecule has 1 N–H and O–H groups in total. The molecule has 0 radical (unpaired) electrons. The van der Waals surface area contributed by atoms with Crippen molar-refractivity contribution in [2.75, 3.05) is 42.9 Å². The predicted molar refractivity (Wildman–Crippen MR) is 142 cm³/mol. The summed E-state index contributed by atoms with van der Waals surface area (Å²) < 4.78 is 3.04. The minimum absolute atomic E-state index is 0.133. The Labute approximate surface area is 208 Å². The number of benzene rings is 3. The van der Waals surface area contributed by atoms with Gasteiger partial charge in [0, 0.05) is 67.6 Å². The lowest BCUT2D eigenvalue weighted by Crippen LogP contribution is -2.47. The van der Waals surface area contributed by atoms with Crippen LogP contribution in [0.1, 0.15) is 16.2 Å². The summed E-state index contributed by atoms with van der Waals surface area (Å²) in [6, 6.07) is 23.9. The van der Waals surface area contributed by atoms with Crippen LogP contribution in [0.25, 0.3) is 11.0 Å². The van der Waals surface area contributed by atoms with Crippen LogP contribution in [0.2, 0.25) is 0 Å². The first-order chi connectivity index (χ1) is 16.6. The van der Waals surface area contributed by atoms with Gasteiger partial charge >= 0.3 is 0 Å². The number of imidazole rings is 1. The molecule has 1 aromatic heterocycles. The van der Waals surface area contributed by atoms with Crippen LogP contribution in [0, 0.1) is 0 Å². The molecule has 34 heavy (non-hydrogen) atoms. The molecule has 0 aliphatic carbocycles. The number of para-hydroxylation sites is 1. The van der Waals surface area contributed by atoms with Gasteiger partial charge in [-0.3, -0.25) is 9.69 Å². The van der Waals surface area contributed by atoms with Gasteiger partial charge in [0.05, 0.1) is 11.0 Å². The van der Waals surface area contributed by atoms with Crippen LogP contribution in [0.4, 0.5) is 11.4 Å². The van der Waals surface area contributed by atoms with Gasteiger partial charge in [-0.05, 0) is 48.5 Å². The van der Waals surface area contributed by atoms with Crippen LogP contribution >= 0.6 is 15.9 Å². The maximum absolute atomic E-state index is 12.6. The van der Waals surface area contributed by atoms with E-state index in [0.29, 0.717) is 5.56 Å². The minimum Gasteiger partial charge on any atom is -0.369 e. The SMILES string of the molecule is Cn1c(CCN2CCN(c3ccccc3)CC2)nc2cc(NC(=O)c3cccc(Br)c3)ccc21. The van der Waals surface area contributed by atoms with Gasteiger partial charge in [-0.15, -0.1) is 0 Å². The molecule has 1 fully saturated rings. The monoisotopic (exact) mass is 517 g/mol. The summed E-state index contributed by atoms with van der Waals surface area (Å²) in [6.45, 7) is 5.21. The standard InChI is InChI=1S/C27H28BrN5O/c1-31-25-11-10-22(29-27(34)20-6-5-7-21(28)18-20)19-24(25)30-26(31)12-13-32-14-16-33(17-15-32)23-8-3-2-4-9-23/h2-11,18-19H,12-17H2,1H3,(H,29,34). The average Bonchev–Trinajstić information content (AvgIpc) is 3.18. The van der Waals surface area contributed by atoms with Crippen LogP contribution in [-0.4, -0.2) is 53.1 Å². The fraction of sp³-hybridized carbons (Fsp3) is 0.259. The second-order valence-electron chi connectivity index (χ2n) is 8.67. The smallest absolute Gasteiger partial charge is 0.255 e. The number of carbonyl (C=O) groups excluding carboxylic acids is 1. The lowest BCUT2D eigenvalue weighted by atomic mass is 10.2. The molecule has 3 aromatic carbocycles. The summed E-state index contributed by atoms with van der Waals surface area (Å²) in [5.74, 6) is 0.933. The Morgan fingerprint density at radius 2 is 1.76 bits per heavy atom. The first-order valence-corrected chi connectivity index (χ1v) is 12.4. The lowest BCUT2D eigenvalue weighted by molar-refractivity contribution is 0.102. The first-order valence-electron chi connectivity index (χ1n) is 11.6. The number of carbonyl (C=O) groups is 1. The Kier molecular flexibility index (Phi) is 6.65. The van der Waals surface area contributed by atoms with E-state index < -0.39 is 0 Å². The highest BCUT2D eigenvalue weighted by Crippen LogP contribution is 2.22. The molecular formula is C27H28BrN5O. The molecule has 1 amide bonds. The van der Waals surface area contributed by atoms with Crippen molar-refractivity contribution in [1.29, 1.82) is 0 Å². The topological polar surface area (TPSA) is 53.4 Å². The number of aryl methyl sites for hydroxylation is 1. The Hall–Kier alpha value is -3.16. The van der Waals surface area contributed by atoms with Crippen molar-refractivity contribution in [2.24, 2.45) is 7.05 Å². The van der Waals surface area contributed by atoms with Crippen molar-refractivity contribution in [2.45, 2.75) is 6.42 Å². The summed E-state index contributed by atoms with van der Waals surface area (Å²) in [6.07, 6.45) is 0.899. The Bertz CT molecular complexity index is 1300. The zero-order chi connectivity index (χ0) is 23.5. The van der Waals surface area contributed by atoms with Crippen LogP contribution in [0.15, 0.2) is 77.3 Å². The zero-order valence-corrected chi connectivity index (χ0v) is 20.8. The number of amides is 1. The number of aromatic nitrogens is 2. The summed E-state index contributed by atoms with van der Waals surface area (Å²) in [4.78, 5) is 22.5. The van der Waals surface area contributed by atoms with E-state index >= 15 is 0 Å². The average molecular weight is 518 g/mol. The molecule has 2 heterocycles. The molecule has 0 bridgehead atoms. The molecule has 4 aromatic rings. The highest BCUT2D eigenvalue weighted by molar-refractivity contribution is 9.10. The Morgan fingerprint density at radius 3 is 2.53 bits per heavy atom. The van der Waals surface area contributed by atoms with Crippen LogP contribution < -0.4 is 10.2 Å². The van der Waals surface area contributed by atoms with Crippen molar-refractivity contribution in [3.63, 3.8) is 0 Å². The van der Waals surface area contributed by atoms with E-state index in [1.54, 1.807) is 6.07 Å². The predicted octanol–water partition coefficient (Wildman–Crippen LogP) is 4.95. The molecule has 0 spiro atoms. The van der Waals surface area contributed by atoms with Gasteiger partial charge in [-0.25, -0.2) is 4.98 Å². The number of halogens is 1. The largest absolute Gasteiger partial charge is 0.369 e. The minimum atomic E-state index is -0.133.